The predicted octanol–water partition coefficient (Wildman–Crippen LogP) is 3.26. The first-order valence-electron chi connectivity index (χ1n) is 8.46. The van der Waals surface area contributed by atoms with Gasteiger partial charge in [-0.1, -0.05) is 35.3 Å². The molecule has 1 amide bonds. The van der Waals surface area contributed by atoms with Crippen molar-refractivity contribution in [2.24, 2.45) is 0 Å². The van der Waals surface area contributed by atoms with E-state index in [4.69, 9.17) is 23.2 Å². The normalized spacial score (nSPS) is 22.2. The summed E-state index contributed by atoms with van der Waals surface area (Å²) in [6.45, 7) is 6.55. The molecule has 25 heavy (non-hydrogen) atoms. The van der Waals surface area contributed by atoms with Crippen molar-refractivity contribution in [3.63, 3.8) is 0 Å². The van der Waals surface area contributed by atoms with Gasteiger partial charge in [0.2, 0.25) is 0 Å². The molecule has 4 nitrogen and oxygen atoms in total. The minimum atomic E-state index is -0.361. The van der Waals surface area contributed by atoms with Crippen LogP contribution in [0.2, 0.25) is 10.0 Å². The second-order valence-corrected chi connectivity index (χ2v) is 8.78. The Labute approximate surface area is 161 Å². The number of thiophene rings is 1. The molecule has 2 atom stereocenters. The van der Waals surface area contributed by atoms with Gasteiger partial charge in [0.25, 0.3) is 5.91 Å². The Kier molecular flexibility index (Phi) is 4.44. The van der Waals surface area contributed by atoms with E-state index in [0.29, 0.717) is 16.1 Å². The van der Waals surface area contributed by atoms with Crippen LogP contribution in [0.5, 0.6) is 0 Å². The zero-order valence-electron chi connectivity index (χ0n) is 14.1. The number of carbonyl (C=O) groups is 1. The van der Waals surface area contributed by atoms with Crippen molar-refractivity contribution in [2.45, 2.75) is 39.0 Å². The summed E-state index contributed by atoms with van der Waals surface area (Å²) in [6, 6.07) is 6.06. The Morgan fingerprint density at radius 2 is 2.08 bits per heavy atom. The number of hydrogen-bond acceptors (Lipinski definition) is 3. The molecule has 0 radical (unpaired) electrons. The molecule has 1 aromatic carbocycles. The van der Waals surface area contributed by atoms with Crippen LogP contribution < -0.4 is 15.5 Å². The van der Waals surface area contributed by atoms with Gasteiger partial charge in [-0.25, -0.2) is 0 Å². The summed E-state index contributed by atoms with van der Waals surface area (Å²) in [5.74, 6) is -0.0275. The highest BCUT2D eigenvalue weighted by molar-refractivity contribution is 7.16. The lowest BCUT2D eigenvalue weighted by molar-refractivity contribution is -0.936. The van der Waals surface area contributed by atoms with E-state index >= 15 is 0 Å². The quantitative estimate of drug-likeness (QED) is 0.729. The van der Waals surface area contributed by atoms with E-state index in [-0.39, 0.29) is 12.1 Å². The molecule has 1 unspecified atom stereocenters. The summed E-state index contributed by atoms with van der Waals surface area (Å²) in [5, 5.41) is 8.39. The average molecular weight is 397 g/mol. The molecular weight excluding hydrogens is 377 g/mol. The number of quaternary nitrogens is 1. The van der Waals surface area contributed by atoms with Gasteiger partial charge in [0.15, 0.2) is 0 Å². The van der Waals surface area contributed by atoms with Crippen molar-refractivity contribution in [3.8, 4) is 0 Å². The van der Waals surface area contributed by atoms with E-state index < -0.39 is 0 Å². The first kappa shape index (κ1) is 17.2. The first-order valence-corrected chi connectivity index (χ1v) is 10.0. The van der Waals surface area contributed by atoms with Crippen molar-refractivity contribution in [3.05, 3.63) is 49.8 Å². The molecule has 0 bridgehead atoms. The summed E-state index contributed by atoms with van der Waals surface area (Å²) in [5.41, 5.74) is 2.82. The summed E-state index contributed by atoms with van der Waals surface area (Å²) < 4.78 is 0. The lowest BCUT2D eigenvalue weighted by atomic mass is 9.99. The third-order valence-corrected chi connectivity index (χ3v) is 7.06. The van der Waals surface area contributed by atoms with Crippen LogP contribution in [0.15, 0.2) is 18.2 Å². The summed E-state index contributed by atoms with van der Waals surface area (Å²) in [6.07, 6.45) is 0.590. The molecule has 3 heterocycles. The minimum absolute atomic E-state index is 0.0275. The molecule has 0 saturated carbocycles. The van der Waals surface area contributed by atoms with Gasteiger partial charge < -0.3 is 15.5 Å². The first-order chi connectivity index (χ1) is 12.0. The van der Waals surface area contributed by atoms with E-state index in [1.165, 1.54) is 10.4 Å². The zero-order valence-corrected chi connectivity index (χ0v) is 16.4. The maximum Gasteiger partial charge on any atom is 0.256 e. The average Bonchev–Trinajstić information content (AvgIpc) is 2.95. The van der Waals surface area contributed by atoms with Gasteiger partial charge >= 0.3 is 0 Å². The Hall–Kier alpha value is -1.27. The van der Waals surface area contributed by atoms with Crippen molar-refractivity contribution in [2.75, 3.05) is 11.9 Å². The van der Waals surface area contributed by atoms with Crippen LogP contribution in [-0.2, 0) is 13.0 Å². The molecule has 0 spiro atoms. The summed E-state index contributed by atoms with van der Waals surface area (Å²) >= 11 is 14.2. The number of nitrogens with one attached hydrogen (secondary N) is 3. The number of benzene rings is 1. The largest absolute Gasteiger partial charge is 0.353 e. The molecule has 1 aromatic heterocycles. The van der Waals surface area contributed by atoms with Crippen molar-refractivity contribution >= 4 is 45.4 Å². The molecule has 7 heteroatoms. The molecule has 0 fully saturated rings. The van der Waals surface area contributed by atoms with E-state index in [2.05, 4.69) is 24.5 Å². The number of carbonyl (C=O) groups excluding carboxylic acids is 1. The van der Waals surface area contributed by atoms with Crippen LogP contribution in [0.3, 0.4) is 0 Å². The fourth-order valence-corrected chi connectivity index (χ4v) is 5.35. The maximum atomic E-state index is 12.8. The number of fused-ring (bicyclic) bond motifs is 3. The van der Waals surface area contributed by atoms with Gasteiger partial charge in [-0.05, 0) is 25.5 Å². The van der Waals surface area contributed by atoms with Gasteiger partial charge in [0.1, 0.15) is 17.7 Å². The fraction of sp³-hybridized carbons (Fsp3) is 0.389. The molecule has 2 aliphatic heterocycles. The standard InChI is InChI=1S/C18H19Cl2N3OS/c1-9(2)23-7-6-10-13(8-23)25-18-14(10)17(24)21-16(22-18)11-4-3-5-12(19)15(11)20/h3-5,9,16,22H,6-8H2,1-2H3,(H,21,24)/p+1/t16-/m1/s1. The highest BCUT2D eigenvalue weighted by atomic mass is 35.5. The Bertz CT molecular complexity index is 849. The van der Waals surface area contributed by atoms with Gasteiger partial charge in [0, 0.05) is 12.0 Å². The van der Waals surface area contributed by atoms with Gasteiger partial charge in [-0.3, -0.25) is 4.79 Å². The van der Waals surface area contributed by atoms with Crippen LogP contribution in [0, 0.1) is 0 Å². The molecule has 0 saturated heterocycles. The third-order valence-electron chi connectivity index (χ3n) is 5.06. The molecule has 3 N–H and O–H groups in total. The summed E-state index contributed by atoms with van der Waals surface area (Å²) in [4.78, 5) is 15.7. The lowest BCUT2D eigenvalue weighted by Gasteiger charge is -2.29. The van der Waals surface area contributed by atoms with Crippen molar-refractivity contribution in [1.82, 2.24) is 5.32 Å². The SMILES string of the molecule is CC(C)[NH+]1CCc2c(sc3c2C(=O)N[C@@H](c2cccc(Cl)c2Cl)N3)C1. The molecule has 2 aromatic rings. The van der Waals surface area contributed by atoms with Gasteiger partial charge in [-0.2, -0.15) is 0 Å². The summed E-state index contributed by atoms with van der Waals surface area (Å²) in [7, 11) is 0. The molecule has 4 rings (SSSR count). The van der Waals surface area contributed by atoms with Gasteiger partial charge in [0.05, 0.1) is 33.1 Å². The van der Waals surface area contributed by atoms with Gasteiger partial charge in [-0.15, -0.1) is 11.3 Å². The highest BCUT2D eigenvalue weighted by Crippen LogP contribution is 2.40. The van der Waals surface area contributed by atoms with Crippen LogP contribution in [0.4, 0.5) is 5.00 Å². The molecular formula is C18H20Cl2N3OS+. The second-order valence-electron chi connectivity index (χ2n) is 6.89. The Morgan fingerprint density at radius 1 is 1.28 bits per heavy atom. The Balaban J connectivity index is 1.68. The van der Waals surface area contributed by atoms with E-state index in [9.17, 15) is 4.79 Å². The van der Waals surface area contributed by atoms with E-state index in [1.54, 1.807) is 22.3 Å². The van der Waals surface area contributed by atoms with Crippen LogP contribution >= 0.6 is 34.5 Å². The Morgan fingerprint density at radius 3 is 2.84 bits per heavy atom. The van der Waals surface area contributed by atoms with Crippen molar-refractivity contribution < 1.29 is 9.69 Å². The van der Waals surface area contributed by atoms with Crippen molar-refractivity contribution in [1.29, 1.82) is 0 Å². The number of halogens is 2. The maximum absolute atomic E-state index is 12.8. The van der Waals surface area contributed by atoms with Crippen LogP contribution in [-0.4, -0.2) is 18.5 Å². The minimum Gasteiger partial charge on any atom is -0.353 e. The topological polar surface area (TPSA) is 45.6 Å². The van der Waals surface area contributed by atoms with E-state index in [1.807, 2.05) is 12.1 Å². The highest BCUT2D eigenvalue weighted by Gasteiger charge is 2.35. The van der Waals surface area contributed by atoms with Crippen LogP contribution in [0.1, 0.15) is 46.4 Å². The fourth-order valence-electron chi connectivity index (χ4n) is 3.60. The predicted molar refractivity (Wildman–Crippen MR) is 103 cm³/mol. The zero-order chi connectivity index (χ0) is 17.7. The van der Waals surface area contributed by atoms with E-state index in [0.717, 1.165) is 35.6 Å². The number of rotatable bonds is 2. The van der Waals surface area contributed by atoms with Crippen LogP contribution in [0.25, 0.3) is 0 Å². The third kappa shape index (κ3) is 2.93. The number of amides is 1. The smallest absolute Gasteiger partial charge is 0.256 e. The lowest BCUT2D eigenvalue weighted by Crippen LogP contribution is -3.14. The number of hydrogen-bond donors (Lipinski definition) is 3. The second kappa shape index (κ2) is 6.47. The molecule has 132 valence electrons. The number of anilines is 1. The molecule has 2 aliphatic rings. The molecule has 0 aliphatic carbocycles. The monoisotopic (exact) mass is 396 g/mol.